The van der Waals surface area contributed by atoms with Crippen molar-refractivity contribution in [3.05, 3.63) is 23.3 Å². The van der Waals surface area contributed by atoms with Crippen molar-refractivity contribution in [1.82, 2.24) is 0 Å². The van der Waals surface area contributed by atoms with Gasteiger partial charge in [-0.25, -0.2) is 0 Å². The van der Waals surface area contributed by atoms with E-state index in [0.717, 1.165) is 0 Å². The van der Waals surface area contributed by atoms with Crippen LogP contribution in [-0.4, -0.2) is 35.0 Å². The predicted molar refractivity (Wildman–Crippen MR) is 54.6 cm³/mol. The van der Waals surface area contributed by atoms with Crippen molar-refractivity contribution in [3.63, 3.8) is 0 Å². The molecule has 0 unspecified atom stereocenters. The molecule has 0 fully saturated rings. The first kappa shape index (κ1) is 19.7. The molecule has 0 amide bonds. The predicted octanol–water partition coefficient (Wildman–Crippen LogP) is -0.976. The summed E-state index contributed by atoms with van der Waals surface area (Å²) in [7, 11) is 0. The van der Waals surface area contributed by atoms with E-state index in [9.17, 15) is 19.8 Å². The van der Waals surface area contributed by atoms with Gasteiger partial charge in [-0.15, -0.1) is 0 Å². The molecule has 0 aliphatic rings. The maximum absolute atomic E-state index is 9.75. The van der Waals surface area contributed by atoms with E-state index in [1.165, 1.54) is 26.0 Å². The molecule has 0 saturated carbocycles. The average molecular weight is 223 g/mol. The van der Waals surface area contributed by atoms with Crippen LogP contribution in [0.2, 0.25) is 0 Å². The monoisotopic (exact) mass is 222 g/mol. The minimum atomic E-state index is -1.09. The molecule has 0 atom stereocenters. The first-order chi connectivity index (χ1) is 6.36. The molecule has 0 N–H and O–H groups in total. The second-order valence-electron chi connectivity index (χ2n) is 2.52. The van der Waals surface area contributed by atoms with E-state index in [2.05, 4.69) is 0 Å². The Bertz CT molecular complexity index is 239. The SMILES string of the molecule is C/C=C(\C)C(=O)[O-].C/C=C(\C)C(=O)[O-].[Mg+2]. The third-order valence-corrected chi connectivity index (χ3v) is 1.51. The molecule has 0 aliphatic carbocycles. The number of hydrogen-bond donors (Lipinski definition) is 0. The molecule has 0 aromatic rings. The molecule has 0 aliphatic heterocycles. The summed E-state index contributed by atoms with van der Waals surface area (Å²) in [6.07, 6.45) is 2.99. The molecule has 0 saturated heterocycles. The number of rotatable bonds is 2. The molecule has 5 heteroatoms. The van der Waals surface area contributed by atoms with Crippen LogP contribution in [0.15, 0.2) is 23.3 Å². The smallest absolute Gasteiger partial charge is 0.545 e. The number of aliphatic carboxylic acids is 2. The molecule has 15 heavy (non-hydrogen) atoms. The van der Waals surface area contributed by atoms with Crippen LogP contribution in [0.1, 0.15) is 27.7 Å². The fraction of sp³-hybridized carbons (Fsp3) is 0.400. The molecular formula is C10H14MgO4. The van der Waals surface area contributed by atoms with Gasteiger partial charge in [-0.3, -0.25) is 0 Å². The minimum Gasteiger partial charge on any atom is -0.545 e. The topological polar surface area (TPSA) is 80.3 Å². The Kier molecular flexibility index (Phi) is 14.8. The number of allylic oxidation sites excluding steroid dienone is 2. The fourth-order valence-corrected chi connectivity index (χ4v) is 0.236. The van der Waals surface area contributed by atoms with E-state index >= 15 is 0 Å². The molecule has 80 valence electrons. The summed E-state index contributed by atoms with van der Waals surface area (Å²) in [5, 5.41) is 19.5. The van der Waals surface area contributed by atoms with Crippen LogP contribution in [0.5, 0.6) is 0 Å². The fourth-order valence-electron chi connectivity index (χ4n) is 0.236. The van der Waals surface area contributed by atoms with Crippen molar-refractivity contribution < 1.29 is 19.8 Å². The van der Waals surface area contributed by atoms with Gasteiger partial charge < -0.3 is 19.8 Å². The standard InChI is InChI=1S/2C5H8O2.Mg/c2*1-3-4(2)5(6)7;/h2*3H,1-2H3,(H,6,7);/q;;+2/p-2/b2*4-3+;. The molecule has 0 heterocycles. The summed E-state index contributed by atoms with van der Waals surface area (Å²) in [5.74, 6) is -2.19. The van der Waals surface area contributed by atoms with Crippen LogP contribution in [-0.2, 0) is 9.59 Å². The number of hydrogen-bond acceptors (Lipinski definition) is 4. The Labute approximate surface area is 106 Å². The third kappa shape index (κ3) is 13.2. The van der Waals surface area contributed by atoms with Crippen LogP contribution < -0.4 is 10.2 Å². The molecule has 0 rings (SSSR count). The van der Waals surface area contributed by atoms with Gasteiger partial charge in [-0.1, -0.05) is 12.2 Å². The number of carbonyl (C=O) groups is 2. The molecule has 0 bridgehead atoms. The van der Waals surface area contributed by atoms with Gasteiger partial charge in [0.15, 0.2) is 0 Å². The first-order valence-electron chi connectivity index (χ1n) is 4.05. The third-order valence-electron chi connectivity index (χ3n) is 1.51. The normalized spacial score (nSPS) is 10.7. The molecule has 0 aromatic carbocycles. The van der Waals surface area contributed by atoms with E-state index in [1.807, 2.05) is 0 Å². The molecular weight excluding hydrogens is 208 g/mol. The minimum absolute atomic E-state index is 0. The van der Waals surface area contributed by atoms with Gasteiger partial charge in [0, 0.05) is 0 Å². The van der Waals surface area contributed by atoms with Gasteiger partial charge in [0.1, 0.15) is 0 Å². The molecule has 0 radical (unpaired) electrons. The van der Waals surface area contributed by atoms with Crippen molar-refractivity contribution >= 4 is 35.0 Å². The van der Waals surface area contributed by atoms with Gasteiger partial charge in [0.05, 0.1) is 11.9 Å². The summed E-state index contributed by atoms with van der Waals surface area (Å²) in [5.41, 5.74) is 0.556. The van der Waals surface area contributed by atoms with Gasteiger partial charge >= 0.3 is 23.1 Å². The zero-order chi connectivity index (χ0) is 11.7. The Morgan fingerprint density at radius 3 is 1.07 bits per heavy atom. The first-order valence-corrected chi connectivity index (χ1v) is 4.05. The van der Waals surface area contributed by atoms with Crippen LogP contribution in [0.25, 0.3) is 0 Å². The maximum atomic E-state index is 9.75. The zero-order valence-corrected chi connectivity index (χ0v) is 10.9. The Morgan fingerprint density at radius 2 is 1.07 bits per heavy atom. The Morgan fingerprint density at radius 1 is 0.867 bits per heavy atom. The van der Waals surface area contributed by atoms with E-state index in [4.69, 9.17) is 0 Å². The Balaban J connectivity index is -0.000000180. The van der Waals surface area contributed by atoms with Crippen molar-refractivity contribution in [3.8, 4) is 0 Å². The van der Waals surface area contributed by atoms with Crippen molar-refractivity contribution in [1.29, 1.82) is 0 Å². The summed E-state index contributed by atoms with van der Waals surface area (Å²) in [4.78, 5) is 19.5. The number of carboxylic acids is 2. The van der Waals surface area contributed by atoms with E-state index in [0.29, 0.717) is 0 Å². The van der Waals surface area contributed by atoms with Crippen LogP contribution in [0.3, 0.4) is 0 Å². The largest absolute Gasteiger partial charge is 2.00 e. The zero-order valence-electron chi connectivity index (χ0n) is 9.49. The Hall–Kier alpha value is -0.814. The van der Waals surface area contributed by atoms with Gasteiger partial charge in [-0.2, -0.15) is 0 Å². The average Bonchev–Trinajstić information content (AvgIpc) is 2.15. The van der Waals surface area contributed by atoms with Crippen molar-refractivity contribution in [2.24, 2.45) is 0 Å². The van der Waals surface area contributed by atoms with Gasteiger partial charge in [0.25, 0.3) is 0 Å². The molecule has 0 aromatic heterocycles. The molecule has 4 nitrogen and oxygen atoms in total. The summed E-state index contributed by atoms with van der Waals surface area (Å²) in [6, 6.07) is 0. The second kappa shape index (κ2) is 11.3. The second-order valence-corrected chi connectivity index (χ2v) is 2.52. The van der Waals surface area contributed by atoms with E-state index in [1.54, 1.807) is 13.8 Å². The van der Waals surface area contributed by atoms with Crippen molar-refractivity contribution in [2.75, 3.05) is 0 Å². The van der Waals surface area contributed by atoms with E-state index in [-0.39, 0.29) is 34.2 Å². The quantitative estimate of drug-likeness (QED) is 0.444. The van der Waals surface area contributed by atoms with Crippen molar-refractivity contribution in [2.45, 2.75) is 27.7 Å². The summed E-state index contributed by atoms with van der Waals surface area (Å²) in [6.45, 7) is 6.31. The van der Waals surface area contributed by atoms with Gasteiger partial charge in [-0.05, 0) is 38.8 Å². The number of carboxylic acid groups (broad SMARTS) is 2. The van der Waals surface area contributed by atoms with Crippen LogP contribution in [0, 0.1) is 0 Å². The van der Waals surface area contributed by atoms with Gasteiger partial charge in [0.2, 0.25) is 0 Å². The maximum Gasteiger partial charge on any atom is 2.00 e. The molecule has 0 spiro atoms. The summed E-state index contributed by atoms with van der Waals surface area (Å²) >= 11 is 0. The van der Waals surface area contributed by atoms with Crippen LogP contribution in [0.4, 0.5) is 0 Å². The number of carbonyl (C=O) groups excluding carboxylic acids is 2. The van der Waals surface area contributed by atoms with E-state index < -0.39 is 11.9 Å². The summed E-state index contributed by atoms with van der Waals surface area (Å²) < 4.78 is 0. The van der Waals surface area contributed by atoms with Crippen LogP contribution >= 0.6 is 0 Å².